The van der Waals surface area contributed by atoms with Crippen molar-refractivity contribution >= 4 is 0 Å². The van der Waals surface area contributed by atoms with Crippen LogP contribution < -0.4 is 5.73 Å². The molecule has 2 aliphatic rings. The van der Waals surface area contributed by atoms with E-state index in [1.165, 1.54) is 57.9 Å². The van der Waals surface area contributed by atoms with E-state index in [4.69, 9.17) is 5.73 Å². The monoisotopic (exact) mass is 266 g/mol. The lowest BCUT2D eigenvalue weighted by molar-refractivity contribution is 0.0262. The Kier molecular flexibility index (Phi) is 5.30. The second kappa shape index (κ2) is 6.58. The first-order chi connectivity index (χ1) is 9.07. The first-order valence-electron chi connectivity index (χ1n) is 8.53. The van der Waals surface area contributed by atoms with Gasteiger partial charge < -0.3 is 5.73 Å². The topological polar surface area (TPSA) is 29.3 Å². The number of nitrogens with two attached hydrogens (primary N) is 1. The Morgan fingerprint density at radius 2 is 1.84 bits per heavy atom. The maximum Gasteiger partial charge on any atom is 0.0138 e. The fraction of sp³-hybridized carbons (Fsp3) is 1.00. The Morgan fingerprint density at radius 3 is 2.47 bits per heavy atom. The van der Waals surface area contributed by atoms with Crippen LogP contribution in [0.3, 0.4) is 0 Å². The molecule has 0 amide bonds. The zero-order valence-electron chi connectivity index (χ0n) is 13.3. The minimum absolute atomic E-state index is 0.545. The summed E-state index contributed by atoms with van der Waals surface area (Å²) in [4.78, 5) is 2.83. The standard InChI is InChI=1S/C17H34N2/c1-4-19(15-9-7-11-17(2,3)12-15)16-10-6-5-8-14(16)13-18/h14-16H,4-13,18H2,1-3H3. The summed E-state index contributed by atoms with van der Waals surface area (Å²) in [5.41, 5.74) is 6.59. The van der Waals surface area contributed by atoms with E-state index in [0.29, 0.717) is 5.41 Å². The van der Waals surface area contributed by atoms with Gasteiger partial charge in [0.2, 0.25) is 0 Å². The molecule has 0 radical (unpaired) electrons. The van der Waals surface area contributed by atoms with E-state index < -0.39 is 0 Å². The molecule has 3 unspecified atom stereocenters. The number of hydrogen-bond acceptors (Lipinski definition) is 2. The van der Waals surface area contributed by atoms with Crippen molar-refractivity contribution in [1.29, 1.82) is 0 Å². The molecule has 0 aliphatic heterocycles. The average Bonchev–Trinajstić information content (AvgIpc) is 2.39. The quantitative estimate of drug-likeness (QED) is 0.838. The average molecular weight is 266 g/mol. The van der Waals surface area contributed by atoms with E-state index in [-0.39, 0.29) is 0 Å². The summed E-state index contributed by atoms with van der Waals surface area (Å²) < 4.78 is 0. The van der Waals surface area contributed by atoms with Crippen LogP contribution in [0.15, 0.2) is 0 Å². The van der Waals surface area contributed by atoms with Crippen molar-refractivity contribution in [1.82, 2.24) is 4.90 Å². The Morgan fingerprint density at radius 1 is 1.11 bits per heavy atom. The lowest BCUT2D eigenvalue weighted by Crippen LogP contribution is -2.51. The van der Waals surface area contributed by atoms with Gasteiger partial charge in [-0.25, -0.2) is 0 Å². The highest BCUT2D eigenvalue weighted by atomic mass is 15.2. The van der Waals surface area contributed by atoms with Gasteiger partial charge in [0.05, 0.1) is 0 Å². The van der Waals surface area contributed by atoms with Gasteiger partial charge in [-0.2, -0.15) is 0 Å². The van der Waals surface area contributed by atoms with Crippen LogP contribution in [0.25, 0.3) is 0 Å². The van der Waals surface area contributed by atoms with Gasteiger partial charge in [0.1, 0.15) is 0 Å². The summed E-state index contributed by atoms with van der Waals surface area (Å²) in [6, 6.07) is 1.58. The van der Waals surface area contributed by atoms with Crippen LogP contribution in [0.4, 0.5) is 0 Å². The third-order valence-electron chi connectivity index (χ3n) is 5.61. The number of rotatable bonds is 4. The SMILES string of the molecule is CCN(C1CCCC(C)(C)C1)C1CCCCC1CN. The van der Waals surface area contributed by atoms with Gasteiger partial charge in [-0.3, -0.25) is 4.90 Å². The van der Waals surface area contributed by atoms with Crippen LogP contribution in [0.2, 0.25) is 0 Å². The van der Waals surface area contributed by atoms with Gasteiger partial charge >= 0.3 is 0 Å². The maximum absolute atomic E-state index is 6.04. The highest BCUT2D eigenvalue weighted by Crippen LogP contribution is 2.39. The van der Waals surface area contributed by atoms with E-state index in [2.05, 4.69) is 25.7 Å². The summed E-state index contributed by atoms with van der Waals surface area (Å²) in [7, 11) is 0. The normalized spacial score (nSPS) is 35.5. The number of hydrogen-bond donors (Lipinski definition) is 1. The van der Waals surface area contributed by atoms with E-state index in [1.54, 1.807) is 0 Å². The van der Waals surface area contributed by atoms with Crippen LogP contribution in [-0.2, 0) is 0 Å². The van der Waals surface area contributed by atoms with Crippen molar-refractivity contribution in [3.8, 4) is 0 Å². The lowest BCUT2D eigenvalue weighted by Gasteiger charge is -2.47. The summed E-state index contributed by atoms with van der Waals surface area (Å²) in [6.45, 7) is 9.35. The van der Waals surface area contributed by atoms with Crippen molar-refractivity contribution in [2.24, 2.45) is 17.1 Å². The zero-order valence-corrected chi connectivity index (χ0v) is 13.3. The molecule has 2 fully saturated rings. The second-order valence-corrected chi connectivity index (χ2v) is 7.59. The van der Waals surface area contributed by atoms with Crippen LogP contribution in [0.5, 0.6) is 0 Å². The molecule has 112 valence electrons. The summed E-state index contributed by atoms with van der Waals surface area (Å²) in [5.74, 6) is 0.749. The van der Waals surface area contributed by atoms with Crippen molar-refractivity contribution in [2.75, 3.05) is 13.1 Å². The third-order valence-corrected chi connectivity index (χ3v) is 5.61. The smallest absolute Gasteiger partial charge is 0.0138 e. The van der Waals surface area contributed by atoms with Crippen LogP contribution >= 0.6 is 0 Å². The first-order valence-corrected chi connectivity index (χ1v) is 8.53. The molecule has 2 N–H and O–H groups in total. The molecule has 2 saturated carbocycles. The van der Waals surface area contributed by atoms with Gasteiger partial charge in [-0.05, 0) is 56.5 Å². The Balaban J connectivity index is 2.05. The molecule has 0 aromatic carbocycles. The van der Waals surface area contributed by atoms with Crippen LogP contribution in [-0.4, -0.2) is 30.1 Å². The van der Waals surface area contributed by atoms with Crippen molar-refractivity contribution in [3.63, 3.8) is 0 Å². The first kappa shape index (κ1) is 15.3. The van der Waals surface area contributed by atoms with E-state index in [9.17, 15) is 0 Å². The lowest BCUT2D eigenvalue weighted by atomic mass is 9.73. The molecule has 2 aliphatic carbocycles. The van der Waals surface area contributed by atoms with Gasteiger partial charge in [0, 0.05) is 12.1 Å². The molecule has 0 heterocycles. The molecule has 0 aromatic rings. The largest absolute Gasteiger partial charge is 0.330 e. The van der Waals surface area contributed by atoms with E-state index in [1.807, 2.05) is 0 Å². The molecule has 0 saturated heterocycles. The van der Waals surface area contributed by atoms with Crippen LogP contribution in [0, 0.1) is 11.3 Å². The molecule has 2 nitrogen and oxygen atoms in total. The molecule has 2 rings (SSSR count). The zero-order chi connectivity index (χ0) is 13.9. The van der Waals surface area contributed by atoms with Crippen molar-refractivity contribution in [2.45, 2.75) is 84.2 Å². The van der Waals surface area contributed by atoms with Gasteiger partial charge in [-0.15, -0.1) is 0 Å². The Labute approximate surface area is 120 Å². The molecule has 3 atom stereocenters. The summed E-state index contributed by atoms with van der Waals surface area (Å²) in [5, 5.41) is 0. The minimum Gasteiger partial charge on any atom is -0.330 e. The minimum atomic E-state index is 0.545. The van der Waals surface area contributed by atoms with Crippen molar-refractivity contribution in [3.05, 3.63) is 0 Å². The predicted molar refractivity (Wildman–Crippen MR) is 83.2 cm³/mol. The molecular weight excluding hydrogens is 232 g/mol. The molecular formula is C17H34N2. The Hall–Kier alpha value is -0.0800. The predicted octanol–water partition coefficient (Wildman–Crippen LogP) is 3.79. The fourth-order valence-electron chi connectivity index (χ4n) is 4.60. The molecule has 0 bridgehead atoms. The van der Waals surface area contributed by atoms with Gasteiger partial charge in [0.15, 0.2) is 0 Å². The second-order valence-electron chi connectivity index (χ2n) is 7.59. The van der Waals surface area contributed by atoms with Gasteiger partial charge in [-0.1, -0.05) is 40.0 Å². The van der Waals surface area contributed by atoms with Crippen molar-refractivity contribution < 1.29 is 0 Å². The Bertz CT molecular complexity index is 274. The van der Waals surface area contributed by atoms with E-state index >= 15 is 0 Å². The molecule has 2 heteroatoms. The maximum atomic E-state index is 6.04. The molecule has 0 spiro atoms. The summed E-state index contributed by atoms with van der Waals surface area (Å²) in [6.07, 6.45) is 11.2. The fourth-order valence-corrected chi connectivity index (χ4v) is 4.60. The molecule has 19 heavy (non-hydrogen) atoms. The third kappa shape index (κ3) is 3.72. The van der Waals surface area contributed by atoms with E-state index in [0.717, 1.165) is 24.5 Å². The molecule has 0 aromatic heterocycles. The number of nitrogens with zero attached hydrogens (tertiary/aromatic N) is 1. The van der Waals surface area contributed by atoms with Gasteiger partial charge in [0.25, 0.3) is 0 Å². The highest BCUT2D eigenvalue weighted by molar-refractivity contribution is 4.91. The van der Waals surface area contributed by atoms with Crippen LogP contribution in [0.1, 0.15) is 72.1 Å². The highest BCUT2D eigenvalue weighted by Gasteiger charge is 2.36. The summed E-state index contributed by atoms with van der Waals surface area (Å²) >= 11 is 0.